The Kier molecular flexibility index (Phi) is 6.72. The molecule has 3 heterocycles. The maximum Gasteiger partial charge on any atom is 0.228 e. The number of piperidine rings is 1. The van der Waals surface area contributed by atoms with Gasteiger partial charge in [-0.05, 0) is 67.4 Å². The van der Waals surface area contributed by atoms with Gasteiger partial charge >= 0.3 is 0 Å². The minimum Gasteiger partial charge on any atom is -0.437 e. The van der Waals surface area contributed by atoms with Gasteiger partial charge in [0.2, 0.25) is 11.8 Å². The number of hydrogen-bond acceptors (Lipinski definition) is 7. The van der Waals surface area contributed by atoms with Crippen LogP contribution in [0.25, 0.3) is 22.0 Å². The summed E-state index contributed by atoms with van der Waals surface area (Å²) in [6, 6.07) is 15.7. The number of pyridine rings is 1. The van der Waals surface area contributed by atoms with Crippen molar-refractivity contribution in [2.24, 2.45) is 5.92 Å². The zero-order chi connectivity index (χ0) is 26.1. The molecule has 6 rings (SSSR count). The van der Waals surface area contributed by atoms with Crippen LogP contribution in [0.3, 0.4) is 0 Å². The highest BCUT2D eigenvalue weighted by atomic mass is 19.1. The van der Waals surface area contributed by atoms with E-state index in [0.29, 0.717) is 35.7 Å². The third kappa shape index (κ3) is 5.09. The minimum atomic E-state index is -0.988. The van der Waals surface area contributed by atoms with E-state index in [-0.39, 0.29) is 12.2 Å². The Morgan fingerprint density at radius 2 is 2.00 bits per heavy atom. The molecule has 1 saturated heterocycles. The van der Waals surface area contributed by atoms with E-state index < -0.39 is 12.1 Å². The van der Waals surface area contributed by atoms with Gasteiger partial charge < -0.3 is 15.4 Å². The molecular weight excluding hydrogens is 481 g/mol. The fourth-order valence-corrected chi connectivity index (χ4v) is 5.11. The largest absolute Gasteiger partial charge is 0.437 e. The van der Waals surface area contributed by atoms with Crippen molar-refractivity contribution >= 4 is 22.5 Å². The van der Waals surface area contributed by atoms with Gasteiger partial charge in [-0.15, -0.1) is 0 Å². The van der Waals surface area contributed by atoms with E-state index in [0.717, 1.165) is 53.4 Å². The molecule has 1 saturated carbocycles. The number of alkyl halides is 1. The van der Waals surface area contributed by atoms with Gasteiger partial charge in [-0.3, -0.25) is 4.79 Å². The van der Waals surface area contributed by atoms with Gasteiger partial charge in [-0.25, -0.2) is 19.3 Å². The number of carbonyl (C=O) groups is 1. The quantitative estimate of drug-likeness (QED) is 0.326. The number of ether oxygens (including phenoxy) is 1. The molecule has 2 N–H and O–H groups in total. The molecule has 3 atom stereocenters. The molecule has 7 nitrogen and oxygen atoms in total. The number of benzene rings is 2. The first-order valence-corrected chi connectivity index (χ1v) is 13.2. The first kappa shape index (κ1) is 24.4. The van der Waals surface area contributed by atoms with Crippen molar-refractivity contribution in [2.45, 2.75) is 44.8 Å². The fraction of sp³-hybridized carbons (Fsp3) is 0.333. The van der Waals surface area contributed by atoms with Gasteiger partial charge in [0, 0.05) is 36.8 Å². The summed E-state index contributed by atoms with van der Waals surface area (Å²) in [7, 11) is 0. The topological polar surface area (TPSA) is 89.0 Å². The van der Waals surface area contributed by atoms with Gasteiger partial charge in [0.1, 0.15) is 17.7 Å². The summed E-state index contributed by atoms with van der Waals surface area (Å²) in [6.45, 7) is 3.91. The molecule has 4 aromatic rings. The predicted octanol–water partition coefficient (Wildman–Crippen LogP) is 5.43. The van der Waals surface area contributed by atoms with Crippen molar-refractivity contribution in [3.8, 4) is 22.9 Å². The zero-order valence-corrected chi connectivity index (χ0v) is 21.3. The highest BCUT2D eigenvalue weighted by Gasteiger charge is 2.43. The van der Waals surface area contributed by atoms with Crippen LogP contribution in [0.15, 0.2) is 60.9 Å². The molecule has 1 aliphatic carbocycles. The third-order valence-corrected chi connectivity index (χ3v) is 7.32. The molecule has 2 aromatic heterocycles. The first-order chi connectivity index (χ1) is 18.6. The number of anilines is 1. The number of carbonyl (C=O) groups excluding carboxylic acids is 1. The summed E-state index contributed by atoms with van der Waals surface area (Å²) >= 11 is 0. The zero-order valence-electron chi connectivity index (χ0n) is 21.3. The number of nitrogens with zero attached hydrogens (tertiary/aromatic N) is 3. The molecule has 0 bridgehead atoms. The van der Waals surface area contributed by atoms with Crippen LogP contribution in [0.5, 0.6) is 11.6 Å². The normalized spacial score (nSPS) is 20.7. The van der Waals surface area contributed by atoms with Crippen LogP contribution in [-0.4, -0.2) is 46.0 Å². The molecule has 0 unspecified atom stereocenters. The van der Waals surface area contributed by atoms with Crippen molar-refractivity contribution in [1.82, 2.24) is 20.3 Å². The molecule has 0 amide bonds. The number of aromatic nitrogens is 3. The molecule has 0 radical (unpaired) electrons. The van der Waals surface area contributed by atoms with E-state index in [9.17, 15) is 9.18 Å². The van der Waals surface area contributed by atoms with Crippen molar-refractivity contribution < 1.29 is 13.9 Å². The minimum absolute atomic E-state index is 0.0442. The Morgan fingerprint density at radius 3 is 2.82 bits per heavy atom. The summed E-state index contributed by atoms with van der Waals surface area (Å²) in [5.74, 6) is 1.19. The first-order valence-electron chi connectivity index (χ1n) is 13.2. The van der Waals surface area contributed by atoms with Gasteiger partial charge in [-0.2, -0.15) is 0 Å². The molecular formula is C30H30FN5O2. The van der Waals surface area contributed by atoms with Crippen LogP contribution in [-0.2, 0) is 11.2 Å². The molecule has 1 aliphatic heterocycles. The Balaban J connectivity index is 1.31. The number of nitrogens with one attached hydrogen (secondary N) is 2. The average molecular weight is 512 g/mol. The average Bonchev–Trinajstić information content (AvgIpc) is 3.68. The molecule has 8 heteroatoms. The van der Waals surface area contributed by atoms with Gasteiger partial charge in [-0.1, -0.05) is 30.3 Å². The van der Waals surface area contributed by atoms with Gasteiger partial charge in [0.15, 0.2) is 0 Å². The van der Waals surface area contributed by atoms with Gasteiger partial charge in [0.05, 0.1) is 17.2 Å². The number of halogens is 1. The van der Waals surface area contributed by atoms with Crippen LogP contribution < -0.4 is 15.4 Å². The molecule has 2 aromatic carbocycles. The smallest absolute Gasteiger partial charge is 0.228 e. The SMILES string of the molecule is Cc1ccc2c(CC(=O)[C@@H]3C[C@@H]3F)cccc2c1Oc1ncccc1-c1ccnc(N[C@H]2CCCNC2)n1. The lowest BCUT2D eigenvalue weighted by molar-refractivity contribution is -0.119. The van der Waals surface area contributed by atoms with Crippen LogP contribution in [0, 0.1) is 12.8 Å². The van der Waals surface area contributed by atoms with Crippen molar-refractivity contribution in [3.63, 3.8) is 0 Å². The number of Topliss-reactive ketones (excluding diaryl/α,β-unsaturated/α-hetero) is 1. The van der Waals surface area contributed by atoms with Crippen molar-refractivity contribution in [3.05, 3.63) is 72.1 Å². The summed E-state index contributed by atoms with van der Waals surface area (Å²) in [4.78, 5) is 26.3. The number of aryl methyl sites for hydroxylation is 1. The number of hydrogen-bond donors (Lipinski definition) is 2. The van der Waals surface area contributed by atoms with Crippen LogP contribution >= 0.6 is 0 Å². The van der Waals surface area contributed by atoms with E-state index in [1.165, 1.54) is 0 Å². The highest BCUT2D eigenvalue weighted by molar-refractivity contribution is 5.96. The molecule has 0 spiro atoms. The number of ketones is 1. The number of fused-ring (bicyclic) bond motifs is 1. The number of rotatable bonds is 8. The summed E-state index contributed by atoms with van der Waals surface area (Å²) in [5.41, 5.74) is 3.29. The van der Waals surface area contributed by atoms with E-state index in [1.807, 2.05) is 55.5 Å². The standard InChI is InChI=1S/C30H30FN5O2/c1-18-9-10-21-19(15-27(37)24-16-25(24)31)5-2-7-22(21)28(18)38-29-23(8-4-13-33-29)26-11-14-34-30(36-26)35-20-6-3-12-32-17-20/h2,4-5,7-11,13-14,20,24-25,32H,3,6,12,15-17H2,1H3,(H,34,35,36)/t20-,24+,25-/m0/s1. The summed E-state index contributed by atoms with van der Waals surface area (Å²) < 4.78 is 19.9. The van der Waals surface area contributed by atoms with Crippen LogP contribution in [0.1, 0.15) is 30.4 Å². The second-order valence-corrected chi connectivity index (χ2v) is 10.1. The molecule has 2 fully saturated rings. The Morgan fingerprint density at radius 1 is 1.11 bits per heavy atom. The predicted molar refractivity (Wildman–Crippen MR) is 145 cm³/mol. The summed E-state index contributed by atoms with van der Waals surface area (Å²) in [6.07, 6.45) is 5.20. The van der Waals surface area contributed by atoms with E-state index in [2.05, 4.69) is 20.6 Å². The second-order valence-electron chi connectivity index (χ2n) is 10.1. The monoisotopic (exact) mass is 511 g/mol. The van der Waals surface area contributed by atoms with Crippen molar-refractivity contribution in [1.29, 1.82) is 0 Å². The lowest BCUT2D eigenvalue weighted by Gasteiger charge is -2.23. The van der Waals surface area contributed by atoms with Crippen LogP contribution in [0.2, 0.25) is 0 Å². The van der Waals surface area contributed by atoms with Crippen LogP contribution in [0.4, 0.5) is 10.3 Å². The van der Waals surface area contributed by atoms with E-state index >= 15 is 0 Å². The lowest BCUT2D eigenvalue weighted by Crippen LogP contribution is -2.38. The Bertz CT molecular complexity index is 1490. The van der Waals surface area contributed by atoms with Crippen molar-refractivity contribution in [2.75, 3.05) is 18.4 Å². The maximum atomic E-state index is 13.5. The van der Waals surface area contributed by atoms with E-state index in [4.69, 9.17) is 9.72 Å². The summed E-state index contributed by atoms with van der Waals surface area (Å²) in [5, 5.41) is 8.64. The highest BCUT2D eigenvalue weighted by Crippen LogP contribution is 2.39. The molecule has 2 aliphatic rings. The Hall–Kier alpha value is -3.91. The molecule has 38 heavy (non-hydrogen) atoms. The third-order valence-electron chi connectivity index (χ3n) is 7.32. The van der Waals surface area contributed by atoms with E-state index in [1.54, 1.807) is 12.4 Å². The molecule has 194 valence electrons. The maximum absolute atomic E-state index is 13.5. The second kappa shape index (κ2) is 10.5. The lowest BCUT2D eigenvalue weighted by atomic mass is 9.97. The fourth-order valence-electron chi connectivity index (χ4n) is 5.11. The van der Waals surface area contributed by atoms with Gasteiger partial charge in [0.25, 0.3) is 0 Å². The Labute approximate surface area is 220 Å².